The van der Waals surface area contributed by atoms with Crippen LogP contribution in [-0.2, 0) is 40.4 Å². The lowest BCUT2D eigenvalue weighted by atomic mass is 9.85. The second-order valence-electron chi connectivity index (χ2n) is 21.8. The van der Waals surface area contributed by atoms with Crippen molar-refractivity contribution in [2.24, 2.45) is 5.41 Å². The molecular weight excluding hydrogens is 1060 g/mol. The molecule has 2 aliphatic rings. The van der Waals surface area contributed by atoms with Gasteiger partial charge in [-0.15, -0.1) is 11.3 Å². The average Bonchev–Trinajstić information content (AvgIpc) is 4.33. The zero-order chi connectivity index (χ0) is 57.1. The van der Waals surface area contributed by atoms with Gasteiger partial charge in [0, 0.05) is 43.6 Å². The number of anilines is 2. The van der Waals surface area contributed by atoms with Gasteiger partial charge in [0.1, 0.15) is 30.3 Å². The molecule has 0 aliphatic carbocycles. The van der Waals surface area contributed by atoms with Gasteiger partial charge in [-0.1, -0.05) is 117 Å². The van der Waals surface area contributed by atoms with Crippen molar-refractivity contribution in [1.29, 1.82) is 0 Å². The summed E-state index contributed by atoms with van der Waals surface area (Å²) in [7, 11) is 0. The van der Waals surface area contributed by atoms with Gasteiger partial charge < -0.3 is 35.4 Å². The molecule has 10 rings (SSSR count). The SMILES string of the molecule is Cc1ncsc1-c1ccc([C@H](C)NC(=O)[C@@H]2C[C@@H](O)CN2C(=O)[C@@H](NC(=O)CCc2ccc(COc3cccc(-c4ccc(N5CCc6cccc(C(=O)Nc7nc8ccccc8s7)c6C5)nc4C(=O)O)c3C)cc2)C(C)(C)C)cc1. The van der Waals surface area contributed by atoms with Crippen molar-refractivity contribution in [2.45, 2.75) is 105 Å². The number of carboxylic acid groups (broad SMARTS) is 1. The van der Waals surface area contributed by atoms with Gasteiger partial charge >= 0.3 is 5.97 Å². The maximum Gasteiger partial charge on any atom is 0.355 e. The first kappa shape index (κ1) is 56.0. The Morgan fingerprint density at radius 2 is 1.59 bits per heavy atom. The number of fused-ring (bicyclic) bond motifs is 2. The van der Waals surface area contributed by atoms with E-state index in [0.29, 0.717) is 59.3 Å². The number of ether oxygens (including phenoxy) is 1. The van der Waals surface area contributed by atoms with Crippen molar-refractivity contribution in [1.82, 2.24) is 30.5 Å². The van der Waals surface area contributed by atoms with E-state index in [4.69, 9.17) is 9.72 Å². The third kappa shape index (κ3) is 12.5. The van der Waals surface area contributed by atoms with E-state index in [1.54, 1.807) is 23.5 Å². The predicted octanol–water partition coefficient (Wildman–Crippen LogP) is 10.5. The van der Waals surface area contributed by atoms with Crippen molar-refractivity contribution in [3.05, 3.63) is 177 Å². The summed E-state index contributed by atoms with van der Waals surface area (Å²) in [6, 6.07) is 36.0. The molecule has 4 atom stereocenters. The molecule has 5 heterocycles. The second-order valence-corrected chi connectivity index (χ2v) is 23.7. The van der Waals surface area contributed by atoms with Gasteiger partial charge in [-0.05, 0) is 120 Å². The van der Waals surface area contributed by atoms with Crippen LogP contribution in [0.2, 0.25) is 0 Å². The van der Waals surface area contributed by atoms with Crippen LogP contribution in [-0.4, -0.2) is 90.9 Å². The van der Waals surface area contributed by atoms with E-state index in [9.17, 15) is 34.2 Å². The Morgan fingerprint density at radius 3 is 2.32 bits per heavy atom. The number of thiazole rings is 2. The van der Waals surface area contributed by atoms with Crippen LogP contribution < -0.4 is 25.6 Å². The zero-order valence-corrected chi connectivity index (χ0v) is 47.6. The highest BCUT2D eigenvalue weighted by Gasteiger charge is 2.45. The van der Waals surface area contributed by atoms with Gasteiger partial charge in [0.05, 0.1) is 38.4 Å². The Morgan fingerprint density at radius 1 is 0.840 bits per heavy atom. The van der Waals surface area contributed by atoms with Gasteiger partial charge in [-0.3, -0.25) is 24.5 Å². The summed E-state index contributed by atoms with van der Waals surface area (Å²) >= 11 is 2.98. The molecule has 18 heteroatoms. The van der Waals surface area contributed by atoms with Crippen LogP contribution in [0.15, 0.2) is 127 Å². The number of para-hydroxylation sites is 1. The lowest BCUT2D eigenvalue weighted by molar-refractivity contribution is -0.144. The van der Waals surface area contributed by atoms with E-state index in [0.717, 1.165) is 59.7 Å². The molecule has 0 radical (unpaired) electrons. The number of aromatic nitrogens is 3. The number of aliphatic hydroxyl groups excluding tert-OH is 1. The number of rotatable bonds is 17. The number of amides is 4. The lowest BCUT2D eigenvalue weighted by Crippen LogP contribution is -2.57. The summed E-state index contributed by atoms with van der Waals surface area (Å²) in [5.41, 5.74) is 10.8. The quantitative estimate of drug-likeness (QED) is 0.0576. The minimum atomic E-state index is -1.17. The summed E-state index contributed by atoms with van der Waals surface area (Å²) in [6.07, 6.45) is 0.358. The Labute approximate surface area is 478 Å². The van der Waals surface area contributed by atoms with Crippen molar-refractivity contribution < 1.29 is 38.9 Å². The molecular formula is C63H64N8O8S2. The van der Waals surface area contributed by atoms with Crippen molar-refractivity contribution >= 4 is 73.4 Å². The van der Waals surface area contributed by atoms with Crippen molar-refractivity contribution in [3.63, 3.8) is 0 Å². The minimum Gasteiger partial charge on any atom is -0.489 e. The molecule has 0 bridgehead atoms. The Kier molecular flexibility index (Phi) is 16.4. The Balaban J connectivity index is 0.735. The molecule has 0 spiro atoms. The molecule has 0 unspecified atom stereocenters. The number of nitrogens with one attached hydrogen (secondary N) is 3. The third-order valence-corrected chi connectivity index (χ3v) is 17.1. The first-order chi connectivity index (χ1) is 38.9. The fourth-order valence-electron chi connectivity index (χ4n) is 10.6. The third-order valence-electron chi connectivity index (χ3n) is 15.1. The number of likely N-dealkylation sites (tertiary alicyclic amines) is 1. The monoisotopic (exact) mass is 1120 g/mol. The summed E-state index contributed by atoms with van der Waals surface area (Å²) in [5.74, 6) is -1.47. The number of carbonyl (C=O) groups is 5. The first-order valence-corrected chi connectivity index (χ1v) is 28.7. The molecule has 1 fully saturated rings. The average molecular weight is 1130 g/mol. The molecule has 2 aliphatic heterocycles. The summed E-state index contributed by atoms with van der Waals surface area (Å²) in [6.45, 7) is 12.5. The summed E-state index contributed by atoms with van der Waals surface area (Å²) in [4.78, 5) is 86.4. The van der Waals surface area contributed by atoms with E-state index >= 15 is 0 Å². The number of pyridine rings is 1. The van der Waals surface area contributed by atoms with Gasteiger partial charge in [0.2, 0.25) is 17.7 Å². The highest BCUT2D eigenvalue weighted by Crippen LogP contribution is 2.36. The van der Waals surface area contributed by atoms with E-state index in [-0.39, 0.29) is 55.5 Å². The van der Waals surface area contributed by atoms with Crippen molar-refractivity contribution in [2.75, 3.05) is 23.3 Å². The summed E-state index contributed by atoms with van der Waals surface area (Å²) < 4.78 is 7.31. The lowest BCUT2D eigenvalue weighted by Gasteiger charge is -2.35. The van der Waals surface area contributed by atoms with Crippen LogP contribution in [0, 0.1) is 19.3 Å². The maximum absolute atomic E-state index is 14.3. The number of hydrogen-bond acceptors (Lipinski definition) is 13. The smallest absolute Gasteiger partial charge is 0.355 e. The molecule has 5 aromatic carbocycles. The predicted molar refractivity (Wildman–Crippen MR) is 316 cm³/mol. The minimum absolute atomic E-state index is 0.0233. The van der Waals surface area contributed by atoms with E-state index in [1.165, 1.54) is 16.2 Å². The first-order valence-electron chi connectivity index (χ1n) is 27.0. The second kappa shape index (κ2) is 23.8. The number of carboxylic acids is 1. The van der Waals surface area contributed by atoms with E-state index < -0.39 is 35.5 Å². The number of nitrogens with zero attached hydrogens (tertiary/aromatic N) is 5. The number of benzene rings is 5. The number of aryl methyl sites for hydroxylation is 2. The molecule has 416 valence electrons. The van der Waals surface area contributed by atoms with Crippen LogP contribution >= 0.6 is 22.7 Å². The number of β-amino-alcohol motifs (C(OH)–C–C–N with tert-alkyl or cyclic N) is 1. The van der Waals surface area contributed by atoms with Crippen LogP contribution in [0.3, 0.4) is 0 Å². The van der Waals surface area contributed by atoms with Gasteiger partial charge in [-0.2, -0.15) is 0 Å². The fourth-order valence-corrected chi connectivity index (χ4v) is 12.3. The van der Waals surface area contributed by atoms with E-state index in [2.05, 4.69) is 25.9 Å². The molecule has 3 aromatic heterocycles. The standard InChI is InChI=1S/C63H64N8O8S2/c1-36-45(46-26-27-53(67-55(46)61(77)78)70-30-29-42-11-9-13-47(48(42)33-70)58(74)69-62-66-49-14-7-8-16-52(49)81-62)12-10-15-51(36)79-34-40-19-17-39(18-20-40)21-28-54(73)68-57(63(4,5)6)60(76)71-32-44(72)31-50(71)59(75)65-37(2)41-22-24-43(25-23-41)56-38(3)64-35-80-56/h7-20,22-27,35,37,44,50,57,72H,21,28-34H2,1-6H3,(H,65,75)(H,68,73)(H,77,78)(H,66,69,74)/t37-,44+,50-,57+/m0/s1. The fraction of sp³-hybridized carbons (Fsp3) is 0.302. The molecule has 16 nitrogen and oxygen atoms in total. The Bertz CT molecular complexity index is 3630. The van der Waals surface area contributed by atoms with Gasteiger partial charge in [-0.25, -0.2) is 19.7 Å². The van der Waals surface area contributed by atoms with Crippen molar-refractivity contribution in [3.8, 4) is 27.3 Å². The van der Waals surface area contributed by atoms with Crippen LogP contribution in [0.4, 0.5) is 10.9 Å². The highest BCUT2D eigenvalue weighted by atomic mass is 32.1. The van der Waals surface area contributed by atoms with Crippen LogP contribution in [0.1, 0.15) is 106 Å². The van der Waals surface area contributed by atoms with Gasteiger partial charge in [0.25, 0.3) is 5.91 Å². The number of carbonyl (C=O) groups excluding carboxylic acids is 4. The Hall–Kier alpha value is -8.32. The number of aliphatic hydroxyl groups is 1. The summed E-state index contributed by atoms with van der Waals surface area (Å²) in [5, 5.41) is 30.8. The maximum atomic E-state index is 14.3. The molecule has 0 saturated carbocycles. The topological polar surface area (TPSA) is 216 Å². The number of hydrogen-bond donors (Lipinski definition) is 5. The zero-order valence-electron chi connectivity index (χ0n) is 46.0. The van der Waals surface area contributed by atoms with Gasteiger partial charge in [0.15, 0.2) is 10.8 Å². The van der Waals surface area contributed by atoms with E-state index in [1.807, 2.05) is 161 Å². The molecule has 4 amide bonds. The molecule has 81 heavy (non-hydrogen) atoms. The van der Waals surface area contributed by atoms with Crippen LogP contribution in [0.5, 0.6) is 5.75 Å². The molecule has 5 N–H and O–H groups in total. The molecule has 1 saturated heterocycles. The highest BCUT2D eigenvalue weighted by molar-refractivity contribution is 7.22. The normalized spacial score (nSPS) is 15.9. The van der Waals surface area contributed by atoms with Crippen LogP contribution in [0.25, 0.3) is 31.8 Å². The number of aromatic carboxylic acids is 1. The largest absolute Gasteiger partial charge is 0.489 e. The molecule has 8 aromatic rings.